The molecule has 0 saturated carbocycles. The fourth-order valence-electron chi connectivity index (χ4n) is 3.56. The largest absolute Gasteiger partial charge is 0.440 e. The lowest BCUT2D eigenvalue weighted by Crippen LogP contribution is -2.33. The number of nitrogens with zero attached hydrogens (tertiary/aromatic N) is 3. The normalized spacial score (nSPS) is 15.4. The van der Waals surface area contributed by atoms with E-state index in [0.29, 0.717) is 34.1 Å². The predicted octanol–water partition coefficient (Wildman–Crippen LogP) is 3.47. The SMILES string of the molecule is Cc1cc2c(c(=O)n1Cc1ccccn1)[C@H](c1ccccc1Cl)C(C#N)=C(N)O2. The third kappa shape index (κ3) is 3.26. The summed E-state index contributed by atoms with van der Waals surface area (Å²) in [7, 11) is 0. The highest BCUT2D eigenvalue weighted by molar-refractivity contribution is 6.31. The molecule has 0 saturated heterocycles. The first kappa shape index (κ1) is 18.8. The molecule has 3 aromatic rings. The molecule has 1 aliphatic heterocycles. The van der Waals surface area contributed by atoms with Gasteiger partial charge in [-0.2, -0.15) is 5.26 Å². The maximum Gasteiger partial charge on any atom is 0.259 e. The summed E-state index contributed by atoms with van der Waals surface area (Å²) < 4.78 is 7.27. The number of allylic oxidation sites excluding steroid dienone is 1. The van der Waals surface area contributed by atoms with Gasteiger partial charge in [-0.1, -0.05) is 35.9 Å². The first-order valence-electron chi connectivity index (χ1n) is 8.97. The zero-order valence-corrected chi connectivity index (χ0v) is 16.3. The molecule has 2 aromatic heterocycles. The van der Waals surface area contributed by atoms with Gasteiger partial charge >= 0.3 is 0 Å². The molecule has 4 rings (SSSR count). The summed E-state index contributed by atoms with van der Waals surface area (Å²) in [6.45, 7) is 2.12. The second kappa shape index (κ2) is 7.46. The molecule has 0 radical (unpaired) electrons. The van der Waals surface area contributed by atoms with Crippen molar-refractivity contribution in [3.63, 3.8) is 0 Å². The molecule has 0 fully saturated rings. The molecule has 144 valence electrons. The number of benzene rings is 1. The van der Waals surface area contributed by atoms with Crippen LogP contribution in [0, 0.1) is 18.3 Å². The van der Waals surface area contributed by atoms with Crippen LogP contribution < -0.4 is 16.0 Å². The summed E-state index contributed by atoms with van der Waals surface area (Å²) in [5.41, 5.74) is 8.33. The van der Waals surface area contributed by atoms with Crippen LogP contribution in [0.3, 0.4) is 0 Å². The van der Waals surface area contributed by atoms with E-state index in [1.165, 1.54) is 0 Å². The molecule has 6 nitrogen and oxygen atoms in total. The Morgan fingerprint density at radius 1 is 1.28 bits per heavy atom. The van der Waals surface area contributed by atoms with Crippen LogP contribution in [0.5, 0.6) is 5.75 Å². The third-order valence-corrected chi connectivity index (χ3v) is 5.30. The van der Waals surface area contributed by atoms with Gasteiger partial charge in [0.1, 0.15) is 17.4 Å². The average Bonchev–Trinajstić information content (AvgIpc) is 2.71. The van der Waals surface area contributed by atoms with Crippen LogP contribution in [0.4, 0.5) is 0 Å². The van der Waals surface area contributed by atoms with Crippen molar-refractivity contribution < 1.29 is 4.74 Å². The quantitative estimate of drug-likeness (QED) is 0.721. The predicted molar refractivity (Wildman–Crippen MR) is 110 cm³/mol. The van der Waals surface area contributed by atoms with Crippen molar-refractivity contribution in [2.75, 3.05) is 0 Å². The molecule has 3 heterocycles. The Morgan fingerprint density at radius 2 is 2.03 bits per heavy atom. The van der Waals surface area contributed by atoms with E-state index < -0.39 is 5.92 Å². The molecule has 1 aromatic carbocycles. The maximum absolute atomic E-state index is 13.5. The summed E-state index contributed by atoms with van der Waals surface area (Å²) in [5.74, 6) is -0.391. The highest BCUT2D eigenvalue weighted by Gasteiger charge is 2.35. The van der Waals surface area contributed by atoms with Crippen molar-refractivity contribution in [3.8, 4) is 11.8 Å². The Labute approximate surface area is 172 Å². The molecule has 0 bridgehead atoms. The number of aromatic nitrogens is 2. The van der Waals surface area contributed by atoms with Crippen LogP contribution in [-0.4, -0.2) is 9.55 Å². The molecular weight excluding hydrogens is 388 g/mol. The topological polar surface area (TPSA) is 93.9 Å². The fourth-order valence-corrected chi connectivity index (χ4v) is 3.80. The molecule has 1 atom stereocenters. The highest BCUT2D eigenvalue weighted by atomic mass is 35.5. The monoisotopic (exact) mass is 404 g/mol. The van der Waals surface area contributed by atoms with E-state index in [1.54, 1.807) is 35.0 Å². The standard InChI is InChI=1S/C22H17ClN4O2/c1-13-10-18-20(22(28)27(13)12-14-6-4-5-9-26-14)19(16(11-24)21(25)29-18)15-7-2-3-8-17(15)23/h2-10,19H,12,25H2,1H3/t19-/m1/s1. The van der Waals surface area contributed by atoms with Gasteiger partial charge in [0.05, 0.1) is 23.7 Å². The third-order valence-electron chi connectivity index (χ3n) is 4.95. The first-order valence-corrected chi connectivity index (χ1v) is 9.35. The first-order chi connectivity index (χ1) is 14.0. The summed E-state index contributed by atoms with van der Waals surface area (Å²) >= 11 is 6.41. The Kier molecular flexibility index (Phi) is 4.83. The summed E-state index contributed by atoms with van der Waals surface area (Å²) in [6.07, 6.45) is 1.68. The number of halogens is 1. The molecule has 0 spiro atoms. The van der Waals surface area contributed by atoms with E-state index in [2.05, 4.69) is 11.1 Å². The second-order valence-electron chi connectivity index (χ2n) is 6.72. The van der Waals surface area contributed by atoms with Gasteiger partial charge in [-0.3, -0.25) is 9.78 Å². The Bertz CT molecular complexity index is 1230. The smallest absolute Gasteiger partial charge is 0.259 e. The Hall–Kier alpha value is -3.56. The molecule has 2 N–H and O–H groups in total. The van der Waals surface area contributed by atoms with Crippen molar-refractivity contribution in [2.24, 2.45) is 5.73 Å². The van der Waals surface area contributed by atoms with E-state index in [9.17, 15) is 10.1 Å². The van der Waals surface area contributed by atoms with Crippen LogP contribution in [0.2, 0.25) is 5.02 Å². The van der Waals surface area contributed by atoms with Gasteiger partial charge < -0.3 is 15.0 Å². The molecular formula is C22H17ClN4O2. The highest BCUT2D eigenvalue weighted by Crippen LogP contribution is 2.42. The second-order valence-corrected chi connectivity index (χ2v) is 7.13. The lowest BCUT2D eigenvalue weighted by Gasteiger charge is -2.27. The fraction of sp³-hybridized carbons (Fsp3) is 0.136. The average molecular weight is 405 g/mol. The van der Waals surface area contributed by atoms with Gasteiger partial charge in [0.25, 0.3) is 5.56 Å². The number of hydrogen-bond donors (Lipinski definition) is 1. The molecule has 0 aliphatic carbocycles. The zero-order valence-electron chi connectivity index (χ0n) is 15.6. The minimum Gasteiger partial charge on any atom is -0.440 e. The van der Waals surface area contributed by atoms with Crippen molar-refractivity contribution in [1.82, 2.24) is 9.55 Å². The van der Waals surface area contributed by atoms with Crippen LogP contribution in [-0.2, 0) is 6.54 Å². The lowest BCUT2D eigenvalue weighted by molar-refractivity contribution is 0.389. The van der Waals surface area contributed by atoms with Gasteiger partial charge in [0.15, 0.2) is 0 Å². The summed E-state index contributed by atoms with van der Waals surface area (Å²) in [6, 6.07) is 16.5. The van der Waals surface area contributed by atoms with Gasteiger partial charge in [-0.05, 0) is 30.7 Å². The van der Waals surface area contributed by atoms with Gasteiger partial charge in [0.2, 0.25) is 5.88 Å². The van der Waals surface area contributed by atoms with E-state index in [0.717, 1.165) is 5.69 Å². The minimum absolute atomic E-state index is 0.0220. The van der Waals surface area contributed by atoms with Crippen molar-refractivity contribution in [3.05, 3.63) is 104 Å². The molecule has 0 unspecified atom stereocenters. The van der Waals surface area contributed by atoms with Crippen molar-refractivity contribution in [1.29, 1.82) is 5.26 Å². The number of fused-ring (bicyclic) bond motifs is 1. The number of ether oxygens (including phenoxy) is 1. The van der Waals surface area contributed by atoms with E-state index in [1.807, 2.05) is 31.2 Å². The van der Waals surface area contributed by atoms with Crippen LogP contribution in [0.15, 0.2) is 71.0 Å². The maximum atomic E-state index is 13.5. The summed E-state index contributed by atoms with van der Waals surface area (Å²) in [5, 5.41) is 10.2. The minimum atomic E-state index is -0.708. The lowest BCUT2D eigenvalue weighted by atomic mass is 9.84. The van der Waals surface area contributed by atoms with E-state index in [-0.39, 0.29) is 17.0 Å². The van der Waals surface area contributed by atoms with Crippen LogP contribution >= 0.6 is 11.6 Å². The molecule has 29 heavy (non-hydrogen) atoms. The Balaban J connectivity index is 1.96. The van der Waals surface area contributed by atoms with Crippen LogP contribution in [0.25, 0.3) is 0 Å². The van der Waals surface area contributed by atoms with E-state index in [4.69, 9.17) is 22.1 Å². The molecule has 0 amide bonds. The van der Waals surface area contributed by atoms with Crippen molar-refractivity contribution in [2.45, 2.75) is 19.4 Å². The number of aryl methyl sites for hydroxylation is 1. The van der Waals surface area contributed by atoms with Crippen molar-refractivity contribution >= 4 is 11.6 Å². The molecule has 7 heteroatoms. The number of pyridine rings is 2. The number of nitriles is 1. The number of nitrogens with two attached hydrogens (primary N) is 1. The zero-order chi connectivity index (χ0) is 20.5. The number of rotatable bonds is 3. The van der Waals surface area contributed by atoms with Gasteiger partial charge in [-0.25, -0.2) is 0 Å². The van der Waals surface area contributed by atoms with Gasteiger partial charge in [0, 0.05) is 23.0 Å². The summed E-state index contributed by atoms with van der Waals surface area (Å²) in [4.78, 5) is 17.9. The Morgan fingerprint density at radius 3 is 2.72 bits per heavy atom. The molecule has 1 aliphatic rings. The van der Waals surface area contributed by atoms with Crippen LogP contribution in [0.1, 0.15) is 28.4 Å². The number of hydrogen-bond acceptors (Lipinski definition) is 5. The van der Waals surface area contributed by atoms with E-state index >= 15 is 0 Å². The van der Waals surface area contributed by atoms with Gasteiger partial charge in [-0.15, -0.1) is 0 Å².